The molecule has 0 saturated heterocycles. The molecule has 0 aromatic rings. The lowest BCUT2D eigenvalue weighted by Crippen LogP contribution is -2.11. The van der Waals surface area contributed by atoms with Gasteiger partial charge < -0.3 is 0 Å². The Morgan fingerprint density at radius 1 is 1.50 bits per heavy atom. The second kappa shape index (κ2) is 1.64. The maximum Gasteiger partial charge on any atom is 0.507 e. The van der Waals surface area contributed by atoms with Crippen LogP contribution in [-0.4, -0.2) is 11.1 Å². The molecule has 0 atom stereocenters. The van der Waals surface area contributed by atoms with Crippen molar-refractivity contribution in [2.24, 2.45) is 5.73 Å². The Morgan fingerprint density at radius 3 is 1.67 bits per heavy atom. The third kappa shape index (κ3) is 1.57. The molecule has 0 aromatic heterocycles. The van der Waals surface area contributed by atoms with Gasteiger partial charge in [0.2, 0.25) is 0 Å². The van der Waals surface area contributed by atoms with Gasteiger partial charge in [-0.15, -0.1) is 4.39 Å². The van der Waals surface area contributed by atoms with Crippen LogP contribution < -0.4 is 5.73 Å². The maximum atomic E-state index is 10.7. The Labute approximate surface area is 31.6 Å². The first-order chi connectivity index (χ1) is 2.64. The minimum absolute atomic E-state index is 1.81. The lowest BCUT2D eigenvalue weighted by atomic mass is 11.3. The molecule has 5 heteroatoms. The van der Waals surface area contributed by atoms with Crippen molar-refractivity contribution in [2.45, 2.75) is 0 Å². The summed E-state index contributed by atoms with van der Waals surface area (Å²) in [5.41, 5.74) is 3.86. The van der Waals surface area contributed by atoms with Gasteiger partial charge in [-0.1, -0.05) is 0 Å². The summed E-state index contributed by atoms with van der Waals surface area (Å²) in [6.45, 7) is 0. The molecule has 0 aliphatic carbocycles. The predicted octanol–water partition coefficient (Wildman–Crippen LogP) is 0.0521. The average molecular weight is 99.0 g/mol. The molecule has 0 bridgehead atoms. The molecule has 0 spiro atoms. The molecule has 0 unspecified atom stereocenters. The molecule has 2 N–H and O–H groups in total. The topological polar surface area (TPSA) is 29.0 Å². The van der Waals surface area contributed by atoms with E-state index in [4.69, 9.17) is 0 Å². The Kier molecular flexibility index (Phi) is 1.43. The van der Waals surface area contributed by atoms with Crippen molar-refractivity contribution >= 4 is 6.09 Å². The first-order valence-electron chi connectivity index (χ1n) is 1.04. The van der Waals surface area contributed by atoms with E-state index in [0.29, 0.717) is 0 Å². The van der Waals surface area contributed by atoms with Gasteiger partial charge in [0, 0.05) is 8.96 Å². The van der Waals surface area contributed by atoms with Crippen LogP contribution in [0.4, 0.5) is 13.4 Å². The molecule has 2 nitrogen and oxygen atoms in total. The highest BCUT2D eigenvalue weighted by atomic mass is 19.4. The zero-order chi connectivity index (χ0) is 5.15. The van der Waals surface area contributed by atoms with Gasteiger partial charge in [-0.2, -0.15) is 0 Å². The summed E-state index contributed by atoms with van der Waals surface area (Å²) >= 11 is 0. The first kappa shape index (κ1) is 5.26. The molecular weight excluding hydrogens is 97.0 g/mol. The van der Waals surface area contributed by atoms with Crippen LogP contribution in [0.15, 0.2) is 0 Å². The van der Waals surface area contributed by atoms with E-state index in [1.807, 2.05) is 0 Å². The van der Waals surface area contributed by atoms with E-state index in [-0.39, 0.29) is 0 Å². The Balaban J connectivity index is 3.68. The van der Waals surface area contributed by atoms with Crippen molar-refractivity contribution in [3.05, 3.63) is 0 Å². The summed E-state index contributed by atoms with van der Waals surface area (Å²) in [5.74, 6) is 0. The van der Waals surface area contributed by atoms with Crippen LogP contribution in [0.25, 0.3) is 0 Å². The van der Waals surface area contributed by atoms with Gasteiger partial charge in [0.25, 0.3) is 0 Å². The number of nitrogens with two attached hydrogens (primary N) is 1. The molecule has 0 amide bonds. The lowest BCUT2D eigenvalue weighted by Gasteiger charge is -1.65. The fourth-order valence-electron chi connectivity index (χ4n) is 0. The van der Waals surface area contributed by atoms with Crippen LogP contribution in [-0.2, 0) is 0 Å². The minimum Gasteiger partial charge on any atom is -0.255 e. The smallest absolute Gasteiger partial charge is 0.255 e. The van der Waals surface area contributed by atoms with Gasteiger partial charge in [0.1, 0.15) is 0 Å². The molecule has 6 heavy (non-hydrogen) atoms. The summed E-state index contributed by atoms with van der Waals surface area (Å²) in [4.78, 5) is 0. The minimum atomic E-state index is -1.99. The Morgan fingerprint density at radius 2 is 1.67 bits per heavy atom. The number of hydrogen-bond acceptors (Lipinski definition) is 0. The van der Waals surface area contributed by atoms with E-state index in [1.165, 1.54) is 0 Å². The summed E-state index contributed by atoms with van der Waals surface area (Å²) in [7, 11) is 0. The first-order valence-corrected chi connectivity index (χ1v) is 1.04. The summed E-state index contributed by atoms with van der Waals surface area (Å²) < 4.78 is 31.6. The summed E-state index contributed by atoms with van der Waals surface area (Å²) in [6, 6.07) is 0. The third-order valence-corrected chi connectivity index (χ3v) is 0.161. The van der Waals surface area contributed by atoms with Crippen LogP contribution >= 0.6 is 0 Å². The van der Waals surface area contributed by atoms with E-state index in [0.717, 1.165) is 0 Å². The molecular formula is CH2F3N2+. The van der Waals surface area contributed by atoms with Crippen molar-refractivity contribution < 1.29 is 18.4 Å². The Bertz CT molecular complexity index is 58.9. The molecule has 0 rings (SSSR count). The third-order valence-electron chi connectivity index (χ3n) is 0.161. The number of halogens is 3. The van der Waals surface area contributed by atoms with Crippen molar-refractivity contribution in [1.82, 2.24) is 0 Å². The summed E-state index contributed by atoms with van der Waals surface area (Å²) in [6.07, 6.45) is -1.99. The molecule has 0 aromatic carbocycles. The van der Waals surface area contributed by atoms with Crippen LogP contribution in [0.5, 0.6) is 0 Å². The number of amidine groups is 1. The molecule has 0 aliphatic heterocycles. The molecule has 0 fully saturated rings. The monoisotopic (exact) mass is 99.0 g/mol. The van der Waals surface area contributed by atoms with Gasteiger partial charge in [0.15, 0.2) is 5.02 Å². The van der Waals surface area contributed by atoms with Gasteiger partial charge in [0.05, 0.1) is 0 Å². The van der Waals surface area contributed by atoms with Crippen molar-refractivity contribution in [1.29, 1.82) is 0 Å². The second-order valence-electron chi connectivity index (χ2n) is 0.556. The highest BCUT2D eigenvalue weighted by molar-refractivity contribution is 5.63. The highest BCUT2D eigenvalue weighted by Crippen LogP contribution is 1.74. The fraction of sp³-hybridized carbons (Fsp3) is 0. The van der Waals surface area contributed by atoms with Crippen LogP contribution in [0.1, 0.15) is 0 Å². The van der Waals surface area contributed by atoms with Gasteiger partial charge in [-0.3, -0.25) is 5.73 Å². The second-order valence-corrected chi connectivity index (χ2v) is 0.556. The SMILES string of the molecule is NC(F)=[N+](F)F. The number of hydrogen-bond donors (Lipinski definition) is 1. The average Bonchev–Trinajstić information content (AvgIpc) is 1.36. The fourth-order valence-corrected chi connectivity index (χ4v) is 0. The van der Waals surface area contributed by atoms with Crippen molar-refractivity contribution in [2.75, 3.05) is 0 Å². The van der Waals surface area contributed by atoms with Crippen LogP contribution in [0.3, 0.4) is 0 Å². The lowest BCUT2D eigenvalue weighted by molar-refractivity contribution is -0.856. The van der Waals surface area contributed by atoms with Crippen molar-refractivity contribution in [3.63, 3.8) is 0 Å². The molecule has 0 radical (unpaired) electrons. The number of nitrogens with zero attached hydrogens (tertiary/aromatic N) is 1. The standard InChI is InChI=1S/CHF3N2/c2-1(5)6(3)4/h5H/p+1. The van der Waals surface area contributed by atoms with Crippen molar-refractivity contribution in [3.8, 4) is 0 Å². The molecule has 0 saturated carbocycles. The maximum absolute atomic E-state index is 10.7. The number of rotatable bonds is 0. The van der Waals surface area contributed by atoms with E-state index in [2.05, 4.69) is 5.73 Å². The Hall–Kier alpha value is -0.740. The van der Waals surface area contributed by atoms with Gasteiger partial charge in [-0.05, 0) is 0 Å². The van der Waals surface area contributed by atoms with E-state index in [1.54, 1.807) is 0 Å². The quantitative estimate of drug-likeness (QED) is 0.198. The van der Waals surface area contributed by atoms with E-state index in [9.17, 15) is 13.4 Å². The normalized spacial score (nSPS) is 7.83. The van der Waals surface area contributed by atoms with Gasteiger partial charge in [-0.25, -0.2) is 0 Å². The highest BCUT2D eigenvalue weighted by Gasteiger charge is 2.02. The van der Waals surface area contributed by atoms with Gasteiger partial charge >= 0.3 is 6.09 Å². The predicted molar refractivity (Wildman–Crippen MR) is 12.8 cm³/mol. The zero-order valence-corrected chi connectivity index (χ0v) is 2.66. The largest absolute Gasteiger partial charge is 0.507 e. The van der Waals surface area contributed by atoms with E-state index < -0.39 is 11.1 Å². The molecule has 0 heterocycles. The van der Waals surface area contributed by atoms with E-state index >= 15 is 0 Å². The molecule has 36 valence electrons. The zero-order valence-electron chi connectivity index (χ0n) is 2.66. The van der Waals surface area contributed by atoms with Crippen LogP contribution in [0, 0.1) is 0 Å². The van der Waals surface area contributed by atoms with Crippen LogP contribution in [0.2, 0.25) is 0 Å². The molecule has 0 aliphatic rings. The summed E-state index contributed by atoms with van der Waals surface area (Å²) in [5, 5.41) is -1.81.